The van der Waals surface area contributed by atoms with E-state index in [-0.39, 0.29) is 29.5 Å². The minimum Gasteiger partial charge on any atom is -0.399 e. The lowest BCUT2D eigenvalue weighted by molar-refractivity contribution is 0.00578. The normalized spacial score (nSPS) is 21.7. The van der Waals surface area contributed by atoms with E-state index in [4.69, 9.17) is 23.6 Å². The van der Waals surface area contributed by atoms with Gasteiger partial charge >= 0.3 is 14.2 Å². The molecule has 0 bridgehead atoms. The zero-order valence-electron chi connectivity index (χ0n) is 22.5. The van der Waals surface area contributed by atoms with Gasteiger partial charge in [0.2, 0.25) is 0 Å². The highest BCUT2D eigenvalue weighted by Gasteiger charge is 2.52. The molecule has 0 unspecified atom stereocenters. The van der Waals surface area contributed by atoms with E-state index in [9.17, 15) is 0 Å². The maximum atomic E-state index is 6.18. The molecule has 0 spiro atoms. The fourth-order valence-electron chi connectivity index (χ4n) is 4.22. The van der Waals surface area contributed by atoms with Crippen molar-refractivity contribution in [3.63, 3.8) is 0 Å². The molecule has 2 aliphatic heterocycles. The van der Waals surface area contributed by atoms with Gasteiger partial charge in [0.15, 0.2) is 5.82 Å². The third-order valence-electron chi connectivity index (χ3n) is 8.08. The zero-order valence-corrected chi connectivity index (χ0v) is 22.5. The quantitative estimate of drug-likeness (QED) is 0.512. The van der Waals surface area contributed by atoms with Crippen LogP contribution in [0, 0.1) is 0 Å². The third kappa shape index (κ3) is 4.41. The Kier molecular flexibility index (Phi) is 5.95. The fourth-order valence-corrected chi connectivity index (χ4v) is 4.22. The van der Waals surface area contributed by atoms with Crippen molar-refractivity contribution in [2.75, 3.05) is 0 Å². The molecule has 3 aromatic rings. The highest BCUT2D eigenvalue weighted by atomic mass is 16.7. The summed E-state index contributed by atoms with van der Waals surface area (Å²) in [5.74, 6) is 0.669. The van der Waals surface area contributed by atoms with Crippen LogP contribution in [-0.2, 0) is 18.6 Å². The first-order chi connectivity index (χ1) is 16.8. The second-order valence-electron chi connectivity index (χ2n) is 11.7. The van der Waals surface area contributed by atoms with Gasteiger partial charge in [0.1, 0.15) is 0 Å². The topological polar surface area (TPSA) is 62.7 Å². The van der Waals surface area contributed by atoms with Crippen LogP contribution in [0.3, 0.4) is 0 Å². The third-order valence-corrected chi connectivity index (χ3v) is 8.08. The van der Waals surface area contributed by atoms with Gasteiger partial charge in [0, 0.05) is 17.3 Å². The van der Waals surface area contributed by atoms with Crippen molar-refractivity contribution in [2.45, 2.75) is 77.8 Å². The predicted octanol–water partition coefficient (Wildman–Crippen LogP) is 4.41. The van der Waals surface area contributed by atoms with E-state index in [2.05, 4.69) is 60.4 Å². The molecule has 2 aliphatic rings. The van der Waals surface area contributed by atoms with E-state index in [0.717, 1.165) is 27.7 Å². The van der Waals surface area contributed by atoms with Gasteiger partial charge in [-0.25, -0.2) is 9.97 Å². The molecule has 2 aromatic carbocycles. The summed E-state index contributed by atoms with van der Waals surface area (Å²) in [5, 5.41) is 0. The van der Waals surface area contributed by atoms with Crippen molar-refractivity contribution in [2.24, 2.45) is 0 Å². The van der Waals surface area contributed by atoms with E-state index in [1.165, 1.54) is 0 Å². The van der Waals surface area contributed by atoms with E-state index >= 15 is 0 Å². The Morgan fingerprint density at radius 3 is 1.33 bits per heavy atom. The molecule has 1 aromatic heterocycles. The van der Waals surface area contributed by atoms with Crippen molar-refractivity contribution in [1.29, 1.82) is 0 Å². The van der Waals surface area contributed by atoms with Crippen molar-refractivity contribution < 1.29 is 18.6 Å². The second kappa shape index (κ2) is 8.52. The largest absolute Gasteiger partial charge is 0.494 e. The standard InChI is InChI=1S/C28H34B2N2O4/c1-25(2)26(3,4)34-29(33-25)21-13-9-19(10-14-21)23-17-18-31-24(32-23)20-11-15-22(16-12-20)30-35-27(5,6)28(7,8)36-30/h9-18H,1-8H3. The zero-order chi connectivity index (χ0) is 25.9. The maximum Gasteiger partial charge on any atom is 0.494 e. The summed E-state index contributed by atoms with van der Waals surface area (Å²) in [7, 11) is -0.772. The summed E-state index contributed by atoms with van der Waals surface area (Å²) in [6.07, 6.45) is 1.79. The monoisotopic (exact) mass is 484 g/mol. The van der Waals surface area contributed by atoms with Gasteiger partial charge < -0.3 is 18.6 Å². The van der Waals surface area contributed by atoms with Gasteiger partial charge in [0.25, 0.3) is 0 Å². The number of nitrogens with zero attached hydrogens (tertiary/aromatic N) is 2. The van der Waals surface area contributed by atoms with Gasteiger partial charge in [-0.15, -0.1) is 0 Å². The molecule has 0 amide bonds. The Morgan fingerprint density at radius 1 is 0.528 bits per heavy atom. The number of rotatable bonds is 4. The van der Waals surface area contributed by atoms with E-state index in [0.29, 0.717) is 5.82 Å². The van der Waals surface area contributed by atoms with Gasteiger partial charge in [0.05, 0.1) is 28.1 Å². The SMILES string of the molecule is CC1(C)OB(c2ccc(-c3ccnc(-c4ccc(B5OC(C)(C)C(C)(C)O5)cc4)n3)cc2)OC1(C)C. The van der Waals surface area contributed by atoms with Crippen molar-refractivity contribution in [3.8, 4) is 22.6 Å². The number of aromatic nitrogens is 2. The first-order valence-electron chi connectivity index (χ1n) is 12.5. The molecule has 3 heterocycles. The molecule has 0 N–H and O–H groups in total. The van der Waals surface area contributed by atoms with Gasteiger partial charge in [-0.3, -0.25) is 0 Å². The molecule has 0 aliphatic carbocycles. The molecular weight excluding hydrogens is 450 g/mol. The van der Waals surface area contributed by atoms with Crippen molar-refractivity contribution in [1.82, 2.24) is 9.97 Å². The van der Waals surface area contributed by atoms with Crippen molar-refractivity contribution in [3.05, 3.63) is 60.8 Å². The number of benzene rings is 2. The summed E-state index contributed by atoms with van der Waals surface area (Å²) in [5.41, 5.74) is 3.30. The Labute approximate surface area is 215 Å². The maximum absolute atomic E-state index is 6.18. The Balaban J connectivity index is 1.33. The molecule has 0 atom stereocenters. The summed E-state index contributed by atoms with van der Waals surface area (Å²) < 4.78 is 24.7. The molecule has 5 rings (SSSR count). The smallest absolute Gasteiger partial charge is 0.399 e. The van der Waals surface area contributed by atoms with Crippen LogP contribution in [0.15, 0.2) is 60.8 Å². The van der Waals surface area contributed by atoms with E-state index in [1.807, 2.05) is 54.6 Å². The average molecular weight is 484 g/mol. The average Bonchev–Trinajstić information content (AvgIpc) is 3.19. The van der Waals surface area contributed by atoms with Crippen LogP contribution in [-0.4, -0.2) is 46.6 Å². The minimum atomic E-state index is -0.390. The lowest BCUT2D eigenvalue weighted by Crippen LogP contribution is -2.41. The summed E-state index contributed by atoms with van der Waals surface area (Å²) >= 11 is 0. The molecule has 8 heteroatoms. The lowest BCUT2D eigenvalue weighted by atomic mass is 9.78. The fraction of sp³-hybridized carbons (Fsp3) is 0.429. The Bertz CT molecular complexity index is 1130. The van der Waals surface area contributed by atoms with E-state index in [1.54, 1.807) is 6.20 Å². The molecule has 6 nitrogen and oxygen atoms in total. The van der Waals surface area contributed by atoms with Crippen LogP contribution in [0.4, 0.5) is 0 Å². The minimum absolute atomic E-state index is 0.365. The first kappa shape index (κ1) is 25.2. The molecule has 2 fully saturated rings. The number of hydrogen-bond donors (Lipinski definition) is 0. The summed E-state index contributed by atoms with van der Waals surface area (Å²) in [6.45, 7) is 16.5. The number of hydrogen-bond acceptors (Lipinski definition) is 6. The first-order valence-corrected chi connectivity index (χ1v) is 12.5. The van der Waals surface area contributed by atoms with Crippen LogP contribution < -0.4 is 10.9 Å². The van der Waals surface area contributed by atoms with Crippen LogP contribution in [0.25, 0.3) is 22.6 Å². The molecular formula is C28H34B2N2O4. The van der Waals surface area contributed by atoms with E-state index < -0.39 is 7.12 Å². The Morgan fingerprint density at radius 2 is 0.917 bits per heavy atom. The summed E-state index contributed by atoms with van der Waals surface area (Å²) in [6, 6.07) is 18.2. The van der Waals surface area contributed by atoms with Gasteiger partial charge in [-0.1, -0.05) is 48.5 Å². The van der Waals surface area contributed by atoms with Crippen LogP contribution >= 0.6 is 0 Å². The lowest BCUT2D eigenvalue weighted by Gasteiger charge is -2.32. The summed E-state index contributed by atoms with van der Waals surface area (Å²) in [4.78, 5) is 9.33. The highest BCUT2D eigenvalue weighted by Crippen LogP contribution is 2.37. The molecule has 36 heavy (non-hydrogen) atoms. The van der Waals surface area contributed by atoms with Crippen molar-refractivity contribution >= 4 is 25.2 Å². The van der Waals surface area contributed by atoms with Crippen LogP contribution in [0.5, 0.6) is 0 Å². The van der Waals surface area contributed by atoms with Crippen LogP contribution in [0.1, 0.15) is 55.4 Å². The molecule has 0 saturated carbocycles. The predicted molar refractivity (Wildman–Crippen MR) is 144 cm³/mol. The molecule has 0 radical (unpaired) electrons. The van der Waals surface area contributed by atoms with Gasteiger partial charge in [-0.05, 0) is 72.4 Å². The van der Waals surface area contributed by atoms with Gasteiger partial charge in [-0.2, -0.15) is 0 Å². The highest BCUT2D eigenvalue weighted by molar-refractivity contribution is 6.62. The molecule has 2 saturated heterocycles. The second-order valence-corrected chi connectivity index (χ2v) is 11.7. The Hall–Kier alpha value is -2.51. The van der Waals surface area contributed by atoms with Crippen LogP contribution in [0.2, 0.25) is 0 Å². The molecule has 186 valence electrons.